The fourth-order valence-electron chi connectivity index (χ4n) is 2.83. The summed E-state index contributed by atoms with van der Waals surface area (Å²) in [4.78, 5) is 6.74. The molecule has 0 bridgehead atoms. The molecule has 2 heterocycles. The van der Waals surface area contributed by atoms with Crippen molar-refractivity contribution in [2.45, 2.75) is 38.8 Å². The second kappa shape index (κ2) is 5.95. The van der Waals surface area contributed by atoms with E-state index in [1.165, 1.54) is 0 Å². The number of β-amino-alcohol motifs (C(OH)–C–C–N with tert-alkyl or cyclic N) is 1. The zero-order valence-electron chi connectivity index (χ0n) is 12.5. The Balaban J connectivity index is 1.80. The Morgan fingerprint density at radius 2 is 2.19 bits per heavy atom. The standard InChI is InChI=1S/C16H21N3O2/c1-11-6-3-4-8-14(11)15-17-16(21-18-15)12(2)19-9-5-7-13(20)10-19/h3-4,6,8,12-13,20H,5,7,9-10H2,1-2H3. The molecule has 1 N–H and O–H groups in total. The maximum Gasteiger partial charge on any atom is 0.244 e. The molecule has 1 aromatic carbocycles. The van der Waals surface area contributed by atoms with E-state index in [1.54, 1.807) is 0 Å². The maximum atomic E-state index is 9.79. The van der Waals surface area contributed by atoms with E-state index in [0.717, 1.165) is 30.5 Å². The molecule has 1 aliphatic heterocycles. The number of aromatic nitrogens is 2. The number of hydrogen-bond donors (Lipinski definition) is 1. The van der Waals surface area contributed by atoms with E-state index >= 15 is 0 Å². The van der Waals surface area contributed by atoms with Crippen molar-refractivity contribution in [2.24, 2.45) is 0 Å². The third kappa shape index (κ3) is 2.99. The minimum atomic E-state index is -0.250. The van der Waals surface area contributed by atoms with Gasteiger partial charge in [0.05, 0.1) is 12.1 Å². The molecule has 0 radical (unpaired) electrons. The molecule has 1 fully saturated rings. The van der Waals surface area contributed by atoms with Gasteiger partial charge in [0, 0.05) is 12.1 Å². The van der Waals surface area contributed by atoms with E-state index in [-0.39, 0.29) is 12.1 Å². The smallest absolute Gasteiger partial charge is 0.244 e. The molecule has 2 atom stereocenters. The zero-order chi connectivity index (χ0) is 14.8. The van der Waals surface area contributed by atoms with Crippen molar-refractivity contribution >= 4 is 0 Å². The van der Waals surface area contributed by atoms with Crippen LogP contribution in [0.2, 0.25) is 0 Å². The summed E-state index contributed by atoms with van der Waals surface area (Å²) >= 11 is 0. The largest absolute Gasteiger partial charge is 0.392 e. The number of nitrogens with zero attached hydrogens (tertiary/aromatic N) is 3. The molecule has 1 aliphatic rings. The number of aliphatic hydroxyl groups excluding tert-OH is 1. The number of hydrogen-bond acceptors (Lipinski definition) is 5. The molecule has 0 spiro atoms. The molecular weight excluding hydrogens is 266 g/mol. The normalized spacial score (nSPS) is 21.4. The summed E-state index contributed by atoms with van der Waals surface area (Å²) in [6, 6.07) is 8.04. The van der Waals surface area contributed by atoms with Crippen LogP contribution in [0.5, 0.6) is 0 Å². The van der Waals surface area contributed by atoms with E-state index in [0.29, 0.717) is 18.3 Å². The van der Waals surface area contributed by atoms with Gasteiger partial charge in [-0.3, -0.25) is 4.90 Å². The Bertz CT molecular complexity index is 611. The predicted molar refractivity (Wildman–Crippen MR) is 79.7 cm³/mol. The molecular formula is C16H21N3O2. The third-order valence-electron chi connectivity index (χ3n) is 4.16. The van der Waals surface area contributed by atoms with Gasteiger partial charge in [0.15, 0.2) is 0 Å². The minimum Gasteiger partial charge on any atom is -0.392 e. The second-order valence-electron chi connectivity index (χ2n) is 5.74. The fraction of sp³-hybridized carbons (Fsp3) is 0.500. The van der Waals surface area contributed by atoms with Crippen LogP contribution in [-0.2, 0) is 0 Å². The summed E-state index contributed by atoms with van der Waals surface area (Å²) in [6.07, 6.45) is 1.63. The van der Waals surface area contributed by atoms with E-state index in [1.807, 2.05) is 38.1 Å². The van der Waals surface area contributed by atoms with E-state index in [9.17, 15) is 5.11 Å². The first-order chi connectivity index (χ1) is 10.1. The summed E-state index contributed by atoms with van der Waals surface area (Å²) < 4.78 is 5.44. The number of benzene rings is 1. The molecule has 3 rings (SSSR count). The number of likely N-dealkylation sites (tertiary alicyclic amines) is 1. The molecule has 0 saturated carbocycles. The van der Waals surface area contributed by atoms with Crippen LogP contribution in [-0.4, -0.2) is 39.3 Å². The molecule has 5 heteroatoms. The molecule has 1 aromatic heterocycles. The minimum absolute atomic E-state index is 0.0326. The van der Waals surface area contributed by atoms with Crippen LogP contribution in [0, 0.1) is 6.92 Å². The Morgan fingerprint density at radius 1 is 1.38 bits per heavy atom. The highest BCUT2D eigenvalue weighted by molar-refractivity contribution is 5.58. The molecule has 0 amide bonds. The predicted octanol–water partition coefficient (Wildman–Crippen LogP) is 2.56. The van der Waals surface area contributed by atoms with Gasteiger partial charge in [-0.2, -0.15) is 4.98 Å². The fourth-order valence-corrected chi connectivity index (χ4v) is 2.83. The van der Waals surface area contributed by atoms with Crippen molar-refractivity contribution in [3.8, 4) is 11.4 Å². The lowest BCUT2D eigenvalue weighted by Crippen LogP contribution is -2.39. The van der Waals surface area contributed by atoms with Crippen LogP contribution in [0.3, 0.4) is 0 Å². The highest BCUT2D eigenvalue weighted by atomic mass is 16.5. The summed E-state index contributed by atoms with van der Waals surface area (Å²) in [5, 5.41) is 13.9. The van der Waals surface area contributed by atoms with Crippen LogP contribution >= 0.6 is 0 Å². The number of aliphatic hydroxyl groups is 1. The molecule has 5 nitrogen and oxygen atoms in total. The van der Waals surface area contributed by atoms with Gasteiger partial charge in [-0.25, -0.2) is 0 Å². The van der Waals surface area contributed by atoms with Gasteiger partial charge in [-0.05, 0) is 38.8 Å². The SMILES string of the molecule is Cc1ccccc1-c1noc(C(C)N2CCCC(O)C2)n1. The molecule has 0 aliphatic carbocycles. The Hall–Kier alpha value is -1.72. The van der Waals surface area contributed by atoms with Crippen molar-refractivity contribution in [1.82, 2.24) is 15.0 Å². The molecule has 112 valence electrons. The van der Waals surface area contributed by atoms with Crippen molar-refractivity contribution < 1.29 is 9.63 Å². The first-order valence-corrected chi connectivity index (χ1v) is 7.47. The monoisotopic (exact) mass is 287 g/mol. The highest BCUT2D eigenvalue weighted by Gasteiger charge is 2.26. The van der Waals surface area contributed by atoms with Gasteiger partial charge in [-0.1, -0.05) is 29.4 Å². The number of aryl methyl sites for hydroxylation is 1. The van der Waals surface area contributed by atoms with Crippen molar-refractivity contribution in [1.29, 1.82) is 0 Å². The van der Waals surface area contributed by atoms with Gasteiger partial charge in [0.1, 0.15) is 0 Å². The lowest BCUT2D eigenvalue weighted by atomic mass is 10.1. The van der Waals surface area contributed by atoms with E-state index in [2.05, 4.69) is 15.0 Å². The van der Waals surface area contributed by atoms with Gasteiger partial charge < -0.3 is 9.63 Å². The highest BCUT2D eigenvalue weighted by Crippen LogP contribution is 2.26. The van der Waals surface area contributed by atoms with Crippen LogP contribution in [0.1, 0.15) is 37.3 Å². The van der Waals surface area contributed by atoms with E-state index in [4.69, 9.17) is 4.52 Å². The van der Waals surface area contributed by atoms with Crippen molar-refractivity contribution in [3.05, 3.63) is 35.7 Å². The molecule has 1 saturated heterocycles. The van der Waals surface area contributed by atoms with Crippen molar-refractivity contribution in [3.63, 3.8) is 0 Å². The Labute approximate surface area is 124 Å². The topological polar surface area (TPSA) is 62.4 Å². The lowest BCUT2D eigenvalue weighted by Gasteiger charge is -2.32. The number of piperidine rings is 1. The zero-order valence-corrected chi connectivity index (χ0v) is 12.5. The average molecular weight is 287 g/mol. The summed E-state index contributed by atoms with van der Waals surface area (Å²) in [6.45, 7) is 5.71. The van der Waals surface area contributed by atoms with Gasteiger partial charge in [0.2, 0.25) is 11.7 Å². The Morgan fingerprint density at radius 3 is 2.95 bits per heavy atom. The van der Waals surface area contributed by atoms with Gasteiger partial charge in [-0.15, -0.1) is 0 Å². The lowest BCUT2D eigenvalue weighted by molar-refractivity contribution is 0.0422. The van der Waals surface area contributed by atoms with Crippen LogP contribution in [0.25, 0.3) is 11.4 Å². The number of rotatable bonds is 3. The summed E-state index contributed by atoms with van der Waals surface area (Å²) in [7, 11) is 0. The summed E-state index contributed by atoms with van der Waals surface area (Å²) in [5.74, 6) is 1.25. The third-order valence-corrected chi connectivity index (χ3v) is 4.16. The first-order valence-electron chi connectivity index (χ1n) is 7.47. The Kier molecular flexibility index (Phi) is 4.03. The van der Waals surface area contributed by atoms with Gasteiger partial charge in [0.25, 0.3) is 0 Å². The molecule has 21 heavy (non-hydrogen) atoms. The molecule has 2 unspecified atom stereocenters. The summed E-state index contributed by atoms with van der Waals surface area (Å²) in [5.41, 5.74) is 2.13. The molecule has 2 aromatic rings. The maximum absolute atomic E-state index is 9.79. The van der Waals surface area contributed by atoms with Crippen LogP contribution in [0.15, 0.2) is 28.8 Å². The quantitative estimate of drug-likeness (QED) is 0.940. The van der Waals surface area contributed by atoms with Crippen LogP contribution < -0.4 is 0 Å². The van der Waals surface area contributed by atoms with E-state index < -0.39 is 0 Å². The first kappa shape index (κ1) is 14.2. The van der Waals surface area contributed by atoms with Crippen molar-refractivity contribution in [2.75, 3.05) is 13.1 Å². The van der Waals surface area contributed by atoms with Gasteiger partial charge >= 0.3 is 0 Å². The average Bonchev–Trinajstić information content (AvgIpc) is 2.96. The van der Waals surface area contributed by atoms with Crippen LogP contribution in [0.4, 0.5) is 0 Å². The second-order valence-corrected chi connectivity index (χ2v) is 5.74.